The lowest BCUT2D eigenvalue weighted by atomic mass is 10.2. The molecule has 0 aliphatic rings. The number of aromatic nitrogens is 2. The van der Waals surface area contributed by atoms with E-state index in [1.165, 1.54) is 0 Å². The lowest BCUT2D eigenvalue weighted by Gasteiger charge is -2.04. The van der Waals surface area contributed by atoms with Crippen molar-refractivity contribution in [3.05, 3.63) is 30.1 Å². The first kappa shape index (κ1) is 13.0. The molecule has 18 heavy (non-hydrogen) atoms. The van der Waals surface area contributed by atoms with E-state index >= 15 is 0 Å². The monoisotopic (exact) mass is 263 g/mol. The lowest BCUT2D eigenvalue weighted by Crippen LogP contribution is -1.94. The number of rotatable bonds is 5. The molecule has 1 heterocycles. The second-order valence-corrected chi connectivity index (χ2v) is 5.59. The van der Waals surface area contributed by atoms with Crippen molar-refractivity contribution in [1.29, 1.82) is 0 Å². The second-order valence-electron chi connectivity index (χ2n) is 4.17. The summed E-state index contributed by atoms with van der Waals surface area (Å²) in [5, 5.41) is 4.60. The normalized spacial score (nSPS) is 12.6. The van der Waals surface area contributed by atoms with Crippen LogP contribution in [0, 0.1) is 0 Å². The summed E-state index contributed by atoms with van der Waals surface area (Å²) >= 11 is 1.84. The fraction of sp³-hybridized carbons (Fsp3) is 0.385. The molecule has 2 aromatic rings. The highest BCUT2D eigenvalue weighted by Gasteiger charge is 2.09. The highest BCUT2D eigenvalue weighted by molar-refractivity contribution is 7.99. The summed E-state index contributed by atoms with van der Waals surface area (Å²) in [6.45, 7) is 4.37. The van der Waals surface area contributed by atoms with Crippen LogP contribution in [0.4, 0.5) is 5.69 Å². The van der Waals surface area contributed by atoms with Crippen molar-refractivity contribution in [2.24, 2.45) is 0 Å². The Hall–Kier alpha value is -1.49. The average molecular weight is 263 g/mol. The van der Waals surface area contributed by atoms with Gasteiger partial charge in [-0.05, 0) is 30.7 Å². The highest BCUT2D eigenvalue weighted by Crippen LogP contribution is 2.22. The molecular weight excluding hydrogens is 246 g/mol. The predicted octanol–water partition coefficient (Wildman–Crippen LogP) is 3.35. The van der Waals surface area contributed by atoms with Crippen molar-refractivity contribution in [2.45, 2.75) is 31.3 Å². The minimum absolute atomic E-state index is 0.551. The van der Waals surface area contributed by atoms with E-state index < -0.39 is 0 Å². The van der Waals surface area contributed by atoms with Gasteiger partial charge in [-0.2, -0.15) is 16.7 Å². The van der Waals surface area contributed by atoms with Gasteiger partial charge in [-0.3, -0.25) is 0 Å². The van der Waals surface area contributed by atoms with Crippen LogP contribution in [0.3, 0.4) is 0 Å². The summed E-state index contributed by atoms with van der Waals surface area (Å²) in [6, 6.07) is 7.42. The van der Waals surface area contributed by atoms with Crippen LogP contribution < -0.4 is 5.73 Å². The number of thioether (sulfide) groups is 1. The zero-order valence-electron chi connectivity index (χ0n) is 10.6. The molecule has 5 heteroatoms. The number of nitrogens with zero attached hydrogens (tertiary/aromatic N) is 2. The van der Waals surface area contributed by atoms with Gasteiger partial charge in [0.15, 0.2) is 5.82 Å². The summed E-state index contributed by atoms with van der Waals surface area (Å²) in [7, 11) is 0. The Labute approximate surface area is 111 Å². The van der Waals surface area contributed by atoms with Gasteiger partial charge in [0, 0.05) is 16.5 Å². The largest absolute Gasteiger partial charge is 0.399 e. The molecule has 0 saturated heterocycles. The maximum atomic E-state index is 5.64. The third-order valence-electron chi connectivity index (χ3n) is 2.70. The zero-order valence-corrected chi connectivity index (χ0v) is 11.4. The summed E-state index contributed by atoms with van der Waals surface area (Å²) in [5.41, 5.74) is 7.26. The zero-order chi connectivity index (χ0) is 13.0. The molecular formula is C13H17N3OS. The molecule has 1 atom stereocenters. The number of anilines is 1. The SMILES string of the molecule is CCC(C)SCc1noc(-c2ccc(N)cc2)n1. The first-order valence-electron chi connectivity index (χ1n) is 5.99. The van der Waals surface area contributed by atoms with Crippen LogP contribution in [0.5, 0.6) is 0 Å². The summed E-state index contributed by atoms with van der Waals surface area (Å²) in [5.74, 6) is 2.08. The number of nitrogen functional groups attached to an aromatic ring is 1. The highest BCUT2D eigenvalue weighted by atomic mass is 32.2. The predicted molar refractivity (Wildman–Crippen MR) is 75.2 cm³/mol. The Balaban J connectivity index is 2.03. The Kier molecular flexibility index (Phi) is 4.25. The van der Waals surface area contributed by atoms with Crippen molar-refractivity contribution in [1.82, 2.24) is 10.1 Å². The molecule has 0 aliphatic heterocycles. The molecule has 1 aromatic carbocycles. The van der Waals surface area contributed by atoms with Crippen molar-refractivity contribution >= 4 is 17.4 Å². The maximum absolute atomic E-state index is 5.64. The van der Waals surface area contributed by atoms with Crippen molar-refractivity contribution in [3.8, 4) is 11.5 Å². The van der Waals surface area contributed by atoms with Crippen molar-refractivity contribution in [3.63, 3.8) is 0 Å². The molecule has 4 nitrogen and oxygen atoms in total. The first-order chi connectivity index (χ1) is 8.69. The molecule has 96 valence electrons. The molecule has 0 spiro atoms. The molecule has 0 radical (unpaired) electrons. The molecule has 0 fully saturated rings. The van der Waals surface area contributed by atoms with E-state index in [4.69, 9.17) is 10.3 Å². The molecule has 2 rings (SSSR count). The first-order valence-corrected chi connectivity index (χ1v) is 7.04. The van der Waals surface area contributed by atoms with Gasteiger partial charge >= 0.3 is 0 Å². The average Bonchev–Trinajstić information content (AvgIpc) is 2.85. The summed E-state index contributed by atoms with van der Waals surface area (Å²) in [6.07, 6.45) is 1.15. The van der Waals surface area contributed by atoms with Gasteiger partial charge < -0.3 is 10.3 Å². The van der Waals surface area contributed by atoms with E-state index in [1.807, 2.05) is 36.0 Å². The Morgan fingerprint density at radius 1 is 1.33 bits per heavy atom. The fourth-order valence-electron chi connectivity index (χ4n) is 1.39. The minimum atomic E-state index is 0.551. The standard InChI is InChI=1S/C13H17N3OS/c1-3-9(2)18-8-12-15-13(17-16-12)10-4-6-11(14)7-5-10/h4-7,9H,3,8,14H2,1-2H3. The van der Waals surface area contributed by atoms with Gasteiger partial charge in [-0.1, -0.05) is 19.0 Å². The molecule has 0 amide bonds. The Morgan fingerprint density at radius 3 is 2.72 bits per heavy atom. The van der Waals surface area contributed by atoms with Crippen LogP contribution in [-0.2, 0) is 5.75 Å². The molecule has 1 aromatic heterocycles. The van der Waals surface area contributed by atoms with Crippen molar-refractivity contribution in [2.75, 3.05) is 5.73 Å². The topological polar surface area (TPSA) is 64.9 Å². The van der Waals surface area contributed by atoms with Crippen LogP contribution in [-0.4, -0.2) is 15.4 Å². The minimum Gasteiger partial charge on any atom is -0.399 e. The van der Waals surface area contributed by atoms with Gasteiger partial charge in [-0.15, -0.1) is 0 Å². The van der Waals surface area contributed by atoms with Crippen LogP contribution >= 0.6 is 11.8 Å². The van der Waals surface area contributed by atoms with E-state index in [9.17, 15) is 0 Å². The maximum Gasteiger partial charge on any atom is 0.257 e. The molecule has 0 saturated carbocycles. The van der Waals surface area contributed by atoms with Crippen LogP contribution in [0.2, 0.25) is 0 Å². The quantitative estimate of drug-likeness (QED) is 0.838. The van der Waals surface area contributed by atoms with Gasteiger partial charge in [0.1, 0.15) is 0 Å². The number of hydrogen-bond donors (Lipinski definition) is 1. The van der Waals surface area contributed by atoms with Gasteiger partial charge in [0.25, 0.3) is 5.89 Å². The number of nitrogens with two attached hydrogens (primary N) is 1. The lowest BCUT2D eigenvalue weighted by molar-refractivity contribution is 0.425. The van der Waals surface area contributed by atoms with Crippen LogP contribution in [0.1, 0.15) is 26.1 Å². The summed E-state index contributed by atoms with van der Waals surface area (Å²) < 4.78 is 5.24. The second kappa shape index (κ2) is 5.91. The number of hydrogen-bond acceptors (Lipinski definition) is 5. The van der Waals surface area contributed by atoms with E-state index in [1.54, 1.807) is 0 Å². The molecule has 0 bridgehead atoms. The Morgan fingerprint density at radius 2 is 2.06 bits per heavy atom. The molecule has 0 aliphatic carbocycles. The summed E-state index contributed by atoms with van der Waals surface area (Å²) in [4.78, 5) is 4.38. The van der Waals surface area contributed by atoms with Crippen LogP contribution in [0.25, 0.3) is 11.5 Å². The van der Waals surface area contributed by atoms with Crippen LogP contribution in [0.15, 0.2) is 28.8 Å². The fourth-order valence-corrected chi connectivity index (χ4v) is 2.18. The Bertz CT molecular complexity index is 495. The van der Waals surface area contributed by atoms with Gasteiger partial charge in [0.05, 0.1) is 5.75 Å². The molecule has 1 unspecified atom stereocenters. The van der Waals surface area contributed by atoms with E-state index in [0.29, 0.717) is 11.1 Å². The molecule has 2 N–H and O–H groups in total. The van der Waals surface area contributed by atoms with Gasteiger partial charge in [0.2, 0.25) is 0 Å². The smallest absolute Gasteiger partial charge is 0.257 e. The van der Waals surface area contributed by atoms with Crippen molar-refractivity contribution < 1.29 is 4.52 Å². The van der Waals surface area contributed by atoms with E-state index in [2.05, 4.69) is 24.0 Å². The third-order valence-corrected chi connectivity index (χ3v) is 4.02. The third kappa shape index (κ3) is 3.26. The number of benzene rings is 1. The van der Waals surface area contributed by atoms with E-state index in [0.717, 1.165) is 29.2 Å². The van der Waals surface area contributed by atoms with Gasteiger partial charge in [-0.25, -0.2) is 0 Å². The van der Waals surface area contributed by atoms with E-state index in [-0.39, 0.29) is 0 Å².